The number of pyridine rings is 1. The third kappa shape index (κ3) is 9.09. The van der Waals surface area contributed by atoms with E-state index in [1.165, 1.54) is 76.0 Å². The molecule has 5 heteroatoms. The Morgan fingerprint density at radius 2 is 1.56 bits per heavy atom. The summed E-state index contributed by atoms with van der Waals surface area (Å²) in [5.74, 6) is -1.21. The molecule has 0 aliphatic carbocycles. The molecule has 0 radical (unpaired) electrons. The van der Waals surface area contributed by atoms with Gasteiger partial charge in [0.1, 0.15) is 4.75 Å². The summed E-state index contributed by atoms with van der Waals surface area (Å²) >= 11 is 1.35. The lowest BCUT2D eigenvalue weighted by Crippen LogP contribution is -2.34. The van der Waals surface area contributed by atoms with Gasteiger partial charge in [-0.2, -0.15) is 0 Å². The lowest BCUT2D eigenvalue weighted by atomic mass is 9.90. The number of allylic oxidation sites excluding steroid dienone is 2. The highest BCUT2D eigenvalue weighted by atomic mass is 32.2. The summed E-state index contributed by atoms with van der Waals surface area (Å²) in [6, 6.07) is 5.60. The van der Waals surface area contributed by atoms with Gasteiger partial charge in [0, 0.05) is 6.20 Å². The van der Waals surface area contributed by atoms with Crippen LogP contribution in [0.5, 0.6) is 0 Å². The molecule has 2 heterocycles. The van der Waals surface area contributed by atoms with Gasteiger partial charge >= 0.3 is 11.9 Å². The second-order valence-corrected chi connectivity index (χ2v) is 10.5. The first kappa shape index (κ1) is 26.6. The van der Waals surface area contributed by atoms with Crippen molar-refractivity contribution in [2.45, 2.75) is 114 Å². The maximum atomic E-state index is 12.4. The molecule has 1 saturated heterocycles. The standard InChI is InChI=1S/C27H41NO3S/c1-3-4-5-6-7-8-9-10-11-12-13-14-15-16-17-20-23-25(29)31-26(30)27(23,2)32-24-21-18-19-22-28-24/h10-11,18-19,21-23H,3-9,12-17,20H2,1-2H3/b11-10-/t23-,27+/m0/s1. The van der Waals surface area contributed by atoms with Gasteiger partial charge in [-0.05, 0) is 51.2 Å². The molecule has 1 aliphatic rings. The zero-order chi connectivity index (χ0) is 23.1. The molecule has 2 atom stereocenters. The minimum Gasteiger partial charge on any atom is -0.392 e. The Morgan fingerprint density at radius 1 is 0.938 bits per heavy atom. The Bertz CT molecular complexity index is 706. The van der Waals surface area contributed by atoms with Gasteiger partial charge in [0.05, 0.1) is 10.9 Å². The zero-order valence-corrected chi connectivity index (χ0v) is 20.8. The van der Waals surface area contributed by atoms with E-state index in [0.717, 1.165) is 24.3 Å². The maximum Gasteiger partial charge on any atom is 0.330 e. The van der Waals surface area contributed by atoms with Crippen LogP contribution in [0, 0.1) is 5.92 Å². The molecule has 0 saturated carbocycles. The number of esters is 2. The van der Waals surface area contributed by atoms with Crippen LogP contribution in [0.2, 0.25) is 0 Å². The van der Waals surface area contributed by atoms with Crippen molar-refractivity contribution in [3.8, 4) is 0 Å². The molecule has 4 nitrogen and oxygen atoms in total. The molecule has 0 bridgehead atoms. The summed E-state index contributed by atoms with van der Waals surface area (Å²) in [6.45, 7) is 4.08. The Hall–Kier alpha value is -1.62. The second-order valence-electron chi connectivity index (χ2n) is 9.01. The molecule has 1 fully saturated rings. The Balaban J connectivity index is 1.56. The summed E-state index contributed by atoms with van der Waals surface area (Å²) in [6.07, 6.45) is 23.3. The monoisotopic (exact) mass is 459 g/mol. The number of hydrogen-bond donors (Lipinski definition) is 0. The van der Waals surface area contributed by atoms with Crippen molar-refractivity contribution in [2.75, 3.05) is 0 Å². The number of hydrogen-bond acceptors (Lipinski definition) is 5. The molecule has 0 aromatic carbocycles. The fourth-order valence-corrected chi connectivity index (χ4v) is 5.36. The number of unbranched alkanes of at least 4 members (excludes halogenated alkanes) is 11. The lowest BCUT2D eigenvalue weighted by Gasteiger charge is -2.24. The first-order valence-electron chi connectivity index (χ1n) is 12.6. The highest BCUT2D eigenvalue weighted by Gasteiger charge is 2.55. The van der Waals surface area contributed by atoms with Gasteiger partial charge in [0.15, 0.2) is 0 Å². The fraction of sp³-hybridized carbons (Fsp3) is 0.667. The molecule has 0 spiro atoms. The van der Waals surface area contributed by atoms with Crippen LogP contribution >= 0.6 is 11.8 Å². The number of carbonyl (C=O) groups excluding carboxylic acids is 2. The van der Waals surface area contributed by atoms with Crippen LogP contribution in [0.1, 0.15) is 104 Å². The second kappa shape index (κ2) is 15.3. The first-order chi connectivity index (χ1) is 15.6. The Labute approximate surface area is 199 Å². The van der Waals surface area contributed by atoms with Crippen molar-refractivity contribution in [1.82, 2.24) is 4.98 Å². The van der Waals surface area contributed by atoms with E-state index in [9.17, 15) is 9.59 Å². The number of cyclic esters (lactones) is 2. The van der Waals surface area contributed by atoms with Gasteiger partial charge in [-0.3, -0.25) is 9.59 Å². The number of thioether (sulfide) groups is 1. The number of carbonyl (C=O) groups is 2. The van der Waals surface area contributed by atoms with Gasteiger partial charge < -0.3 is 4.74 Å². The predicted molar refractivity (Wildman–Crippen MR) is 133 cm³/mol. The largest absolute Gasteiger partial charge is 0.392 e. The minimum atomic E-state index is -0.883. The summed E-state index contributed by atoms with van der Waals surface area (Å²) in [5.41, 5.74) is 0. The SMILES string of the molecule is CCCCCCCC/C=C\CCCCCCC[C@H]1C(=O)OC(=O)[C@]1(C)Sc1ccccn1. The zero-order valence-electron chi connectivity index (χ0n) is 20.0. The van der Waals surface area contributed by atoms with Crippen molar-refractivity contribution < 1.29 is 14.3 Å². The molecule has 0 amide bonds. The van der Waals surface area contributed by atoms with Gasteiger partial charge in [-0.25, -0.2) is 4.98 Å². The highest BCUT2D eigenvalue weighted by molar-refractivity contribution is 8.01. The molecular formula is C27H41NO3S. The van der Waals surface area contributed by atoms with E-state index in [0.29, 0.717) is 6.42 Å². The Kier molecular flexibility index (Phi) is 12.7. The van der Waals surface area contributed by atoms with Crippen LogP contribution in [-0.4, -0.2) is 21.7 Å². The summed E-state index contributed by atoms with van der Waals surface area (Å²) < 4.78 is 4.12. The predicted octanol–water partition coefficient (Wildman–Crippen LogP) is 7.67. The van der Waals surface area contributed by atoms with E-state index in [1.54, 1.807) is 6.20 Å². The normalized spacial score (nSPS) is 20.9. The molecule has 32 heavy (non-hydrogen) atoms. The summed E-state index contributed by atoms with van der Waals surface area (Å²) in [7, 11) is 0. The van der Waals surface area contributed by atoms with Gasteiger partial charge in [0.25, 0.3) is 0 Å². The van der Waals surface area contributed by atoms with E-state index in [1.807, 2.05) is 25.1 Å². The van der Waals surface area contributed by atoms with Crippen LogP contribution in [-0.2, 0) is 14.3 Å². The molecule has 1 aromatic rings. The van der Waals surface area contributed by atoms with Crippen LogP contribution in [0.3, 0.4) is 0 Å². The fourth-order valence-electron chi connectivity index (χ4n) is 4.18. The molecule has 1 aromatic heterocycles. The Morgan fingerprint density at radius 3 is 2.19 bits per heavy atom. The van der Waals surface area contributed by atoms with Gasteiger partial charge in [-0.1, -0.05) is 94.7 Å². The summed E-state index contributed by atoms with van der Waals surface area (Å²) in [5, 5.41) is 0.746. The average molecular weight is 460 g/mol. The average Bonchev–Trinajstić information content (AvgIpc) is 2.99. The van der Waals surface area contributed by atoms with Crippen molar-refractivity contribution in [1.29, 1.82) is 0 Å². The van der Waals surface area contributed by atoms with E-state index in [4.69, 9.17) is 4.74 Å². The third-order valence-electron chi connectivity index (χ3n) is 6.26. The maximum absolute atomic E-state index is 12.4. The molecular weight excluding hydrogens is 418 g/mol. The quantitative estimate of drug-likeness (QED) is 0.103. The number of ether oxygens (including phenoxy) is 1. The van der Waals surface area contributed by atoms with E-state index in [2.05, 4.69) is 24.1 Å². The van der Waals surface area contributed by atoms with Crippen molar-refractivity contribution in [3.63, 3.8) is 0 Å². The van der Waals surface area contributed by atoms with Gasteiger partial charge in [0.2, 0.25) is 0 Å². The third-order valence-corrected chi connectivity index (χ3v) is 7.58. The molecule has 178 valence electrons. The van der Waals surface area contributed by atoms with E-state index < -0.39 is 16.6 Å². The van der Waals surface area contributed by atoms with Crippen LogP contribution in [0.25, 0.3) is 0 Å². The van der Waals surface area contributed by atoms with E-state index in [-0.39, 0.29) is 5.97 Å². The molecule has 0 unspecified atom stereocenters. The van der Waals surface area contributed by atoms with Crippen LogP contribution in [0.4, 0.5) is 0 Å². The number of aromatic nitrogens is 1. The smallest absolute Gasteiger partial charge is 0.330 e. The van der Waals surface area contributed by atoms with Crippen LogP contribution < -0.4 is 0 Å². The van der Waals surface area contributed by atoms with Crippen molar-refractivity contribution in [3.05, 3.63) is 36.5 Å². The first-order valence-corrected chi connectivity index (χ1v) is 13.4. The molecule has 1 aliphatic heterocycles. The van der Waals surface area contributed by atoms with E-state index >= 15 is 0 Å². The van der Waals surface area contributed by atoms with Crippen molar-refractivity contribution >= 4 is 23.7 Å². The van der Waals surface area contributed by atoms with Crippen molar-refractivity contribution in [2.24, 2.45) is 5.92 Å². The molecule has 2 rings (SSSR count). The minimum absolute atomic E-state index is 0.378. The number of nitrogens with zero attached hydrogens (tertiary/aromatic N) is 1. The topological polar surface area (TPSA) is 56.3 Å². The number of rotatable bonds is 17. The lowest BCUT2D eigenvalue weighted by molar-refractivity contribution is -0.153. The van der Waals surface area contributed by atoms with Gasteiger partial charge in [-0.15, -0.1) is 0 Å². The molecule has 0 N–H and O–H groups in total. The summed E-state index contributed by atoms with van der Waals surface area (Å²) in [4.78, 5) is 29.0. The van der Waals surface area contributed by atoms with Crippen LogP contribution in [0.15, 0.2) is 41.6 Å². The highest BCUT2D eigenvalue weighted by Crippen LogP contribution is 2.45.